The summed E-state index contributed by atoms with van der Waals surface area (Å²) in [4.78, 5) is 0. The van der Waals surface area contributed by atoms with E-state index in [9.17, 15) is 0 Å². The van der Waals surface area contributed by atoms with Crippen LogP contribution in [0.4, 0.5) is 0 Å². The van der Waals surface area contributed by atoms with Crippen LogP contribution in [0.5, 0.6) is 5.75 Å². The molecule has 1 N–H and O–H groups in total. The molecule has 0 spiro atoms. The van der Waals surface area contributed by atoms with Crippen LogP contribution in [0.15, 0.2) is 29.0 Å². The van der Waals surface area contributed by atoms with Crippen molar-refractivity contribution in [1.29, 1.82) is 0 Å². The summed E-state index contributed by atoms with van der Waals surface area (Å²) in [6.45, 7) is 5.49. The number of halogens is 2. The zero-order chi connectivity index (χ0) is 15.2. The van der Waals surface area contributed by atoms with Crippen molar-refractivity contribution >= 4 is 34.5 Å². The van der Waals surface area contributed by atoms with E-state index in [-0.39, 0.29) is 0 Å². The molecule has 2 nitrogen and oxygen atoms in total. The molecule has 21 heavy (non-hydrogen) atoms. The van der Waals surface area contributed by atoms with Crippen LogP contribution >= 0.6 is 34.5 Å². The Kier molecular flexibility index (Phi) is 6.37. The monoisotopic (exact) mass is 343 g/mol. The van der Waals surface area contributed by atoms with E-state index in [0.29, 0.717) is 29.2 Å². The van der Waals surface area contributed by atoms with E-state index in [4.69, 9.17) is 27.9 Å². The Bertz CT molecular complexity index is 570. The Morgan fingerprint density at radius 3 is 2.76 bits per heavy atom. The number of hydrogen-bond acceptors (Lipinski definition) is 3. The minimum atomic E-state index is 0.390. The summed E-state index contributed by atoms with van der Waals surface area (Å²) < 4.78 is 5.90. The maximum atomic E-state index is 6.28. The largest absolute Gasteiger partial charge is 0.491 e. The standard InChI is InChI=1S/C16H19Cl2NOS/c1-11(2)19-9-13-7-14(17)8-15(18)16(13)20-5-3-12-4-6-21-10-12/h4,6-8,10-11,19H,3,5,9H2,1-2H3. The molecule has 0 bridgehead atoms. The fourth-order valence-electron chi connectivity index (χ4n) is 1.93. The van der Waals surface area contributed by atoms with Crippen LogP contribution in [0.2, 0.25) is 10.0 Å². The second-order valence-corrected chi connectivity index (χ2v) is 6.77. The number of rotatable bonds is 7. The molecule has 1 aromatic heterocycles. The fraction of sp³-hybridized carbons (Fsp3) is 0.375. The molecular formula is C16H19Cl2NOS. The first kappa shape index (κ1) is 16.6. The summed E-state index contributed by atoms with van der Waals surface area (Å²) in [5.41, 5.74) is 2.28. The molecule has 2 rings (SSSR count). The third-order valence-electron chi connectivity index (χ3n) is 3.00. The first-order valence-corrected chi connectivity index (χ1v) is 8.61. The van der Waals surface area contributed by atoms with Gasteiger partial charge in [0.1, 0.15) is 5.75 Å². The van der Waals surface area contributed by atoms with Crippen molar-refractivity contribution in [2.75, 3.05) is 6.61 Å². The summed E-state index contributed by atoms with van der Waals surface area (Å²) in [7, 11) is 0. The fourth-order valence-corrected chi connectivity index (χ4v) is 3.22. The van der Waals surface area contributed by atoms with Crippen molar-refractivity contribution in [2.24, 2.45) is 0 Å². The number of thiophene rings is 1. The molecule has 0 saturated carbocycles. The maximum Gasteiger partial charge on any atom is 0.142 e. The lowest BCUT2D eigenvalue weighted by molar-refractivity contribution is 0.317. The minimum Gasteiger partial charge on any atom is -0.491 e. The van der Waals surface area contributed by atoms with E-state index in [1.54, 1.807) is 17.4 Å². The molecule has 0 unspecified atom stereocenters. The molecule has 1 heterocycles. The van der Waals surface area contributed by atoms with Gasteiger partial charge >= 0.3 is 0 Å². The summed E-state index contributed by atoms with van der Waals surface area (Å²) in [5, 5.41) is 8.76. The summed E-state index contributed by atoms with van der Waals surface area (Å²) in [6, 6.07) is 6.13. The maximum absolute atomic E-state index is 6.28. The Labute approximate surface area is 140 Å². The minimum absolute atomic E-state index is 0.390. The molecule has 0 fully saturated rings. The summed E-state index contributed by atoms with van der Waals surface area (Å²) in [5.74, 6) is 0.726. The molecule has 5 heteroatoms. The first-order chi connectivity index (χ1) is 10.1. The van der Waals surface area contributed by atoms with Gasteiger partial charge in [0.2, 0.25) is 0 Å². The molecule has 0 saturated heterocycles. The van der Waals surface area contributed by atoms with Crippen molar-refractivity contribution in [1.82, 2.24) is 5.32 Å². The van der Waals surface area contributed by atoms with E-state index in [0.717, 1.165) is 17.7 Å². The smallest absolute Gasteiger partial charge is 0.142 e. The molecule has 114 valence electrons. The zero-order valence-electron chi connectivity index (χ0n) is 12.2. The molecule has 0 amide bonds. The van der Waals surface area contributed by atoms with E-state index in [2.05, 4.69) is 36.0 Å². The van der Waals surface area contributed by atoms with Gasteiger partial charge in [-0.2, -0.15) is 11.3 Å². The molecule has 0 atom stereocenters. The second kappa shape index (κ2) is 8.04. The van der Waals surface area contributed by atoms with Crippen LogP contribution in [0.1, 0.15) is 25.0 Å². The first-order valence-electron chi connectivity index (χ1n) is 6.91. The number of ether oxygens (including phenoxy) is 1. The predicted molar refractivity (Wildman–Crippen MR) is 92.0 cm³/mol. The Morgan fingerprint density at radius 1 is 1.29 bits per heavy atom. The van der Waals surface area contributed by atoms with Gasteiger partial charge < -0.3 is 10.1 Å². The lowest BCUT2D eigenvalue weighted by Gasteiger charge is -2.15. The predicted octanol–water partition coefficient (Wildman–Crippen LogP) is 5.17. The van der Waals surface area contributed by atoms with Gasteiger partial charge in [0.15, 0.2) is 0 Å². The molecule has 0 aliphatic rings. The number of benzene rings is 1. The van der Waals surface area contributed by atoms with Gasteiger partial charge in [0.25, 0.3) is 0 Å². The van der Waals surface area contributed by atoms with Gasteiger partial charge in [-0.15, -0.1) is 0 Å². The highest BCUT2D eigenvalue weighted by molar-refractivity contribution is 7.07. The molecule has 1 aromatic carbocycles. The van der Waals surface area contributed by atoms with Gasteiger partial charge in [-0.25, -0.2) is 0 Å². The molecular weight excluding hydrogens is 325 g/mol. The second-order valence-electron chi connectivity index (χ2n) is 5.14. The topological polar surface area (TPSA) is 21.3 Å². The summed E-state index contributed by atoms with van der Waals surface area (Å²) >= 11 is 14.1. The van der Waals surface area contributed by atoms with E-state index in [1.807, 2.05) is 6.07 Å². The normalized spacial score (nSPS) is 11.1. The molecule has 2 aromatic rings. The van der Waals surface area contributed by atoms with Crippen LogP contribution in [0.3, 0.4) is 0 Å². The lowest BCUT2D eigenvalue weighted by Crippen LogP contribution is -2.22. The van der Waals surface area contributed by atoms with Crippen molar-refractivity contribution in [3.63, 3.8) is 0 Å². The average molecular weight is 344 g/mol. The van der Waals surface area contributed by atoms with Crippen LogP contribution in [0.25, 0.3) is 0 Å². The quantitative estimate of drug-likeness (QED) is 0.748. The highest BCUT2D eigenvalue weighted by Crippen LogP contribution is 2.32. The van der Waals surface area contributed by atoms with Gasteiger partial charge in [-0.1, -0.05) is 37.0 Å². The number of hydrogen-bond donors (Lipinski definition) is 1. The van der Waals surface area contributed by atoms with Crippen molar-refractivity contribution in [2.45, 2.75) is 32.9 Å². The van der Waals surface area contributed by atoms with Gasteiger partial charge in [-0.05, 0) is 34.5 Å². The average Bonchev–Trinajstić information content (AvgIpc) is 2.92. The Balaban J connectivity index is 2.05. The zero-order valence-corrected chi connectivity index (χ0v) is 14.5. The SMILES string of the molecule is CC(C)NCc1cc(Cl)cc(Cl)c1OCCc1ccsc1. The van der Waals surface area contributed by atoms with Crippen molar-refractivity contribution in [3.8, 4) is 5.75 Å². The van der Waals surface area contributed by atoms with Gasteiger partial charge in [0, 0.05) is 29.6 Å². The van der Waals surface area contributed by atoms with E-state index >= 15 is 0 Å². The highest BCUT2D eigenvalue weighted by atomic mass is 35.5. The Hall–Kier alpha value is -0.740. The van der Waals surface area contributed by atoms with E-state index < -0.39 is 0 Å². The van der Waals surface area contributed by atoms with Crippen LogP contribution in [-0.2, 0) is 13.0 Å². The number of nitrogens with one attached hydrogen (secondary N) is 1. The molecule has 0 aliphatic heterocycles. The third-order valence-corrected chi connectivity index (χ3v) is 4.23. The lowest BCUT2D eigenvalue weighted by atomic mass is 10.2. The summed E-state index contributed by atoms with van der Waals surface area (Å²) in [6.07, 6.45) is 0.875. The van der Waals surface area contributed by atoms with Crippen molar-refractivity contribution < 1.29 is 4.74 Å². The van der Waals surface area contributed by atoms with E-state index in [1.165, 1.54) is 5.56 Å². The van der Waals surface area contributed by atoms with Crippen LogP contribution < -0.4 is 10.1 Å². The van der Waals surface area contributed by atoms with Gasteiger partial charge in [0.05, 0.1) is 11.6 Å². The van der Waals surface area contributed by atoms with Crippen LogP contribution in [-0.4, -0.2) is 12.6 Å². The Morgan fingerprint density at radius 2 is 2.10 bits per heavy atom. The van der Waals surface area contributed by atoms with Gasteiger partial charge in [-0.3, -0.25) is 0 Å². The van der Waals surface area contributed by atoms with Crippen molar-refractivity contribution in [3.05, 3.63) is 50.1 Å². The highest BCUT2D eigenvalue weighted by Gasteiger charge is 2.11. The van der Waals surface area contributed by atoms with Crippen LogP contribution in [0, 0.1) is 0 Å². The molecule has 0 aliphatic carbocycles. The molecule has 0 radical (unpaired) electrons. The third kappa shape index (κ3) is 5.19.